The van der Waals surface area contributed by atoms with E-state index in [4.69, 9.17) is 0 Å². The SMILES string of the molecule is CCN(CCSc1ccc(C(C)(C)C)cc1)c1ccccc1. The maximum Gasteiger partial charge on any atom is 0.0366 e. The van der Waals surface area contributed by atoms with Gasteiger partial charge in [0.15, 0.2) is 0 Å². The smallest absolute Gasteiger partial charge is 0.0366 e. The summed E-state index contributed by atoms with van der Waals surface area (Å²) >= 11 is 1.94. The number of nitrogens with zero attached hydrogens (tertiary/aromatic N) is 1. The molecule has 2 rings (SSSR count). The minimum Gasteiger partial charge on any atom is -0.371 e. The van der Waals surface area contributed by atoms with Crippen molar-refractivity contribution in [1.82, 2.24) is 0 Å². The predicted octanol–water partition coefficient (Wildman–Crippen LogP) is 5.60. The van der Waals surface area contributed by atoms with Crippen molar-refractivity contribution in [2.75, 3.05) is 23.7 Å². The van der Waals surface area contributed by atoms with Gasteiger partial charge in [-0.15, -0.1) is 11.8 Å². The second-order valence-corrected chi connectivity index (χ2v) is 7.71. The van der Waals surface area contributed by atoms with Crippen LogP contribution in [0.25, 0.3) is 0 Å². The van der Waals surface area contributed by atoms with Crippen LogP contribution in [0.3, 0.4) is 0 Å². The van der Waals surface area contributed by atoms with Gasteiger partial charge in [-0.25, -0.2) is 0 Å². The van der Waals surface area contributed by atoms with Crippen LogP contribution >= 0.6 is 11.8 Å². The lowest BCUT2D eigenvalue weighted by Gasteiger charge is -2.23. The molecule has 0 fully saturated rings. The summed E-state index contributed by atoms with van der Waals surface area (Å²) in [4.78, 5) is 3.79. The van der Waals surface area contributed by atoms with Gasteiger partial charge in [-0.2, -0.15) is 0 Å². The molecular formula is C20H27NS. The highest BCUT2D eigenvalue weighted by Gasteiger charge is 2.12. The summed E-state index contributed by atoms with van der Waals surface area (Å²) in [6, 6.07) is 19.7. The van der Waals surface area contributed by atoms with Gasteiger partial charge in [0.2, 0.25) is 0 Å². The van der Waals surface area contributed by atoms with Gasteiger partial charge in [-0.3, -0.25) is 0 Å². The van der Waals surface area contributed by atoms with Crippen LogP contribution in [-0.2, 0) is 5.41 Å². The highest BCUT2D eigenvalue weighted by molar-refractivity contribution is 7.99. The van der Waals surface area contributed by atoms with Crippen molar-refractivity contribution in [2.45, 2.75) is 38.0 Å². The molecule has 0 unspecified atom stereocenters. The molecule has 1 nitrogen and oxygen atoms in total. The highest BCUT2D eigenvalue weighted by atomic mass is 32.2. The van der Waals surface area contributed by atoms with E-state index in [1.54, 1.807) is 0 Å². The largest absolute Gasteiger partial charge is 0.371 e. The maximum absolute atomic E-state index is 2.43. The molecule has 22 heavy (non-hydrogen) atoms. The molecule has 0 aliphatic rings. The van der Waals surface area contributed by atoms with Crippen LogP contribution in [0.2, 0.25) is 0 Å². The number of benzene rings is 2. The van der Waals surface area contributed by atoms with Gasteiger partial charge in [0.25, 0.3) is 0 Å². The molecule has 0 saturated carbocycles. The van der Waals surface area contributed by atoms with Crippen LogP contribution in [-0.4, -0.2) is 18.8 Å². The molecule has 0 radical (unpaired) electrons. The van der Waals surface area contributed by atoms with Gasteiger partial charge in [0, 0.05) is 29.4 Å². The van der Waals surface area contributed by atoms with Crippen molar-refractivity contribution in [3.63, 3.8) is 0 Å². The number of thioether (sulfide) groups is 1. The van der Waals surface area contributed by atoms with Crippen molar-refractivity contribution in [1.29, 1.82) is 0 Å². The monoisotopic (exact) mass is 313 g/mol. The zero-order chi connectivity index (χ0) is 16.0. The van der Waals surface area contributed by atoms with E-state index in [0.717, 1.165) is 18.8 Å². The zero-order valence-electron chi connectivity index (χ0n) is 14.2. The summed E-state index contributed by atoms with van der Waals surface area (Å²) in [5.41, 5.74) is 2.94. The van der Waals surface area contributed by atoms with Crippen LogP contribution in [0.4, 0.5) is 5.69 Å². The van der Waals surface area contributed by atoms with E-state index in [-0.39, 0.29) is 5.41 Å². The predicted molar refractivity (Wildman–Crippen MR) is 100 cm³/mol. The molecule has 0 aliphatic heterocycles. The van der Waals surface area contributed by atoms with Crippen LogP contribution in [0.5, 0.6) is 0 Å². The first kappa shape index (κ1) is 17.0. The lowest BCUT2D eigenvalue weighted by Crippen LogP contribution is -2.25. The quantitative estimate of drug-likeness (QED) is 0.638. The average molecular weight is 314 g/mol. The summed E-state index contributed by atoms with van der Waals surface area (Å²) in [6.07, 6.45) is 0. The molecule has 0 N–H and O–H groups in total. The van der Waals surface area contributed by atoms with Crippen molar-refractivity contribution < 1.29 is 0 Å². The Kier molecular flexibility index (Phi) is 5.96. The van der Waals surface area contributed by atoms with Gasteiger partial charge >= 0.3 is 0 Å². The molecule has 0 spiro atoms. The fourth-order valence-corrected chi connectivity index (χ4v) is 3.31. The molecule has 2 aromatic carbocycles. The maximum atomic E-state index is 2.43. The summed E-state index contributed by atoms with van der Waals surface area (Å²) in [7, 11) is 0. The minimum absolute atomic E-state index is 0.232. The highest BCUT2D eigenvalue weighted by Crippen LogP contribution is 2.26. The van der Waals surface area contributed by atoms with E-state index < -0.39 is 0 Å². The first-order valence-corrected chi connectivity index (χ1v) is 9.02. The van der Waals surface area contributed by atoms with E-state index in [1.807, 2.05) is 11.8 Å². The summed E-state index contributed by atoms with van der Waals surface area (Å²) in [6.45, 7) is 11.1. The normalized spacial score (nSPS) is 11.5. The van der Waals surface area contributed by atoms with Gasteiger partial charge in [-0.1, -0.05) is 51.1 Å². The molecule has 0 amide bonds. The molecule has 118 valence electrons. The third-order valence-electron chi connectivity index (χ3n) is 3.85. The van der Waals surface area contributed by atoms with E-state index in [0.29, 0.717) is 0 Å². The number of hydrogen-bond donors (Lipinski definition) is 0. The lowest BCUT2D eigenvalue weighted by molar-refractivity contribution is 0.590. The molecule has 0 atom stereocenters. The fraction of sp³-hybridized carbons (Fsp3) is 0.400. The van der Waals surface area contributed by atoms with Gasteiger partial charge in [-0.05, 0) is 42.2 Å². The Labute approximate surface area is 139 Å². The second kappa shape index (κ2) is 7.73. The van der Waals surface area contributed by atoms with Crippen LogP contribution in [0, 0.1) is 0 Å². The number of para-hydroxylation sites is 1. The van der Waals surface area contributed by atoms with E-state index in [2.05, 4.69) is 87.2 Å². The molecule has 0 saturated heterocycles. The van der Waals surface area contributed by atoms with E-state index in [9.17, 15) is 0 Å². The Morgan fingerprint density at radius 3 is 2.09 bits per heavy atom. The first-order valence-electron chi connectivity index (χ1n) is 8.04. The van der Waals surface area contributed by atoms with Crippen LogP contribution < -0.4 is 4.90 Å². The molecular weight excluding hydrogens is 286 g/mol. The van der Waals surface area contributed by atoms with E-state index >= 15 is 0 Å². The van der Waals surface area contributed by atoms with Crippen LogP contribution in [0.1, 0.15) is 33.3 Å². The third-order valence-corrected chi connectivity index (χ3v) is 4.85. The third kappa shape index (κ3) is 4.81. The number of rotatable bonds is 6. The van der Waals surface area contributed by atoms with Crippen molar-refractivity contribution in [3.05, 3.63) is 60.2 Å². The Balaban J connectivity index is 1.88. The Bertz CT molecular complexity index is 555. The minimum atomic E-state index is 0.232. The second-order valence-electron chi connectivity index (χ2n) is 6.54. The van der Waals surface area contributed by atoms with Gasteiger partial charge in [0.1, 0.15) is 0 Å². The Morgan fingerprint density at radius 1 is 0.909 bits per heavy atom. The molecule has 0 aliphatic carbocycles. The van der Waals surface area contributed by atoms with Crippen molar-refractivity contribution in [2.24, 2.45) is 0 Å². The van der Waals surface area contributed by atoms with E-state index in [1.165, 1.54) is 16.1 Å². The number of hydrogen-bond acceptors (Lipinski definition) is 2. The molecule has 2 heteroatoms. The summed E-state index contributed by atoms with van der Waals surface area (Å²) in [5.74, 6) is 1.11. The Morgan fingerprint density at radius 2 is 1.55 bits per heavy atom. The number of anilines is 1. The van der Waals surface area contributed by atoms with Gasteiger partial charge in [0.05, 0.1) is 0 Å². The molecule has 2 aromatic rings. The summed E-state index contributed by atoms with van der Waals surface area (Å²) in [5, 5.41) is 0. The van der Waals surface area contributed by atoms with Crippen molar-refractivity contribution >= 4 is 17.4 Å². The molecule has 0 heterocycles. The van der Waals surface area contributed by atoms with Crippen molar-refractivity contribution in [3.8, 4) is 0 Å². The van der Waals surface area contributed by atoms with Crippen LogP contribution in [0.15, 0.2) is 59.5 Å². The first-order chi connectivity index (χ1) is 10.5. The molecule has 0 aromatic heterocycles. The van der Waals surface area contributed by atoms with Gasteiger partial charge < -0.3 is 4.90 Å². The molecule has 0 bridgehead atoms. The zero-order valence-corrected chi connectivity index (χ0v) is 15.0. The fourth-order valence-electron chi connectivity index (χ4n) is 2.43. The lowest BCUT2D eigenvalue weighted by atomic mass is 9.87. The Hall–Kier alpha value is -1.41. The topological polar surface area (TPSA) is 3.24 Å². The average Bonchev–Trinajstić information content (AvgIpc) is 2.52. The standard InChI is InChI=1S/C20H27NS/c1-5-21(18-9-7-6-8-10-18)15-16-22-19-13-11-17(12-14-19)20(2,3)4/h6-14H,5,15-16H2,1-4H3. The summed E-state index contributed by atoms with van der Waals surface area (Å²) < 4.78 is 0.